The lowest BCUT2D eigenvalue weighted by Gasteiger charge is -2.13. The molecule has 4 aromatic heterocycles. The standard InChI is InChI=1S/C24H20Cl2N10O2/c1-35-11-14(7-29-35)31-23-27-9-18(25)20(33-23)13-4-5-16(22(37)38-3)17(6-13)21-19(26)10-28-24(34-21)32-15-8-30-36(2)12-15/h4-12H,1-3H3,(H,27,31,33)(H,28,32,34). The summed E-state index contributed by atoms with van der Waals surface area (Å²) in [6.07, 6.45) is 9.77. The lowest BCUT2D eigenvalue weighted by atomic mass is 9.99. The fourth-order valence-electron chi connectivity index (χ4n) is 3.65. The van der Waals surface area contributed by atoms with Crippen molar-refractivity contribution in [3.05, 3.63) is 71.0 Å². The molecule has 14 heteroatoms. The summed E-state index contributed by atoms with van der Waals surface area (Å²) in [5.74, 6) is 0.0244. The van der Waals surface area contributed by atoms with Gasteiger partial charge in [0.1, 0.15) is 0 Å². The minimum atomic E-state index is -0.560. The zero-order chi connectivity index (χ0) is 26.8. The van der Waals surface area contributed by atoms with E-state index in [1.165, 1.54) is 19.5 Å². The molecule has 0 fully saturated rings. The van der Waals surface area contributed by atoms with E-state index in [2.05, 4.69) is 40.8 Å². The van der Waals surface area contributed by atoms with Gasteiger partial charge >= 0.3 is 5.97 Å². The van der Waals surface area contributed by atoms with Crippen LogP contribution in [0.2, 0.25) is 10.0 Å². The van der Waals surface area contributed by atoms with Crippen molar-refractivity contribution in [2.45, 2.75) is 0 Å². The van der Waals surface area contributed by atoms with Crippen LogP contribution in [0, 0.1) is 0 Å². The Kier molecular flexibility index (Phi) is 6.90. The number of hydrogen-bond donors (Lipinski definition) is 2. The summed E-state index contributed by atoms with van der Waals surface area (Å²) in [4.78, 5) is 30.3. The largest absolute Gasteiger partial charge is 0.465 e. The maximum atomic E-state index is 12.7. The second kappa shape index (κ2) is 10.4. The second-order valence-corrected chi connectivity index (χ2v) is 8.90. The summed E-state index contributed by atoms with van der Waals surface area (Å²) in [6, 6.07) is 5.04. The number of ether oxygens (including phenoxy) is 1. The van der Waals surface area contributed by atoms with Gasteiger partial charge in [0.05, 0.1) is 70.3 Å². The topological polar surface area (TPSA) is 138 Å². The monoisotopic (exact) mass is 550 g/mol. The quantitative estimate of drug-likeness (QED) is 0.275. The van der Waals surface area contributed by atoms with Crippen molar-refractivity contribution in [2.24, 2.45) is 14.1 Å². The van der Waals surface area contributed by atoms with Crippen LogP contribution in [-0.2, 0) is 18.8 Å². The van der Waals surface area contributed by atoms with Crippen molar-refractivity contribution in [1.82, 2.24) is 39.5 Å². The predicted octanol–water partition coefficient (Wildman–Crippen LogP) is 4.65. The first-order chi connectivity index (χ1) is 18.3. The van der Waals surface area contributed by atoms with E-state index in [1.807, 2.05) is 0 Å². The van der Waals surface area contributed by atoms with E-state index in [-0.39, 0.29) is 16.5 Å². The van der Waals surface area contributed by atoms with Gasteiger partial charge in [-0.15, -0.1) is 0 Å². The van der Waals surface area contributed by atoms with Crippen molar-refractivity contribution in [3.8, 4) is 22.5 Å². The first-order valence-corrected chi connectivity index (χ1v) is 11.9. The summed E-state index contributed by atoms with van der Waals surface area (Å²) >= 11 is 13.0. The maximum Gasteiger partial charge on any atom is 0.338 e. The fraction of sp³-hybridized carbons (Fsp3) is 0.125. The molecule has 5 aromatic rings. The highest BCUT2D eigenvalue weighted by molar-refractivity contribution is 6.33. The summed E-state index contributed by atoms with van der Waals surface area (Å²) in [5.41, 5.74) is 3.41. The summed E-state index contributed by atoms with van der Waals surface area (Å²) < 4.78 is 8.29. The molecule has 12 nitrogen and oxygen atoms in total. The van der Waals surface area contributed by atoms with Crippen LogP contribution in [0.4, 0.5) is 23.3 Å². The number of aryl methyl sites for hydroxylation is 2. The van der Waals surface area contributed by atoms with Gasteiger partial charge in [0.15, 0.2) is 0 Å². The van der Waals surface area contributed by atoms with Crippen molar-refractivity contribution in [3.63, 3.8) is 0 Å². The zero-order valence-electron chi connectivity index (χ0n) is 20.3. The lowest BCUT2D eigenvalue weighted by Crippen LogP contribution is -2.06. The molecule has 0 aliphatic heterocycles. The first-order valence-electron chi connectivity index (χ1n) is 11.1. The molecule has 5 rings (SSSR count). The van der Waals surface area contributed by atoms with Crippen molar-refractivity contribution in [2.75, 3.05) is 17.7 Å². The Bertz CT molecular complexity index is 1650. The number of anilines is 4. The van der Waals surface area contributed by atoms with Gasteiger partial charge in [0.2, 0.25) is 11.9 Å². The molecule has 0 aliphatic carbocycles. The van der Waals surface area contributed by atoms with E-state index in [4.69, 9.17) is 27.9 Å². The Morgan fingerprint density at radius 3 is 1.92 bits per heavy atom. The minimum Gasteiger partial charge on any atom is -0.465 e. The van der Waals surface area contributed by atoms with Crippen LogP contribution >= 0.6 is 23.2 Å². The Balaban J connectivity index is 1.58. The fourth-order valence-corrected chi connectivity index (χ4v) is 4.04. The molecule has 1 aromatic carbocycles. The second-order valence-electron chi connectivity index (χ2n) is 8.09. The molecule has 0 atom stereocenters. The molecular formula is C24H20Cl2N10O2. The Morgan fingerprint density at radius 1 is 0.842 bits per heavy atom. The van der Waals surface area contributed by atoms with Crippen LogP contribution in [0.5, 0.6) is 0 Å². The number of aromatic nitrogens is 8. The third-order valence-electron chi connectivity index (χ3n) is 5.36. The molecule has 0 saturated carbocycles. The van der Waals surface area contributed by atoms with Gasteiger partial charge in [0.25, 0.3) is 0 Å². The van der Waals surface area contributed by atoms with Crippen molar-refractivity contribution in [1.29, 1.82) is 0 Å². The third kappa shape index (κ3) is 5.26. The molecule has 0 unspecified atom stereocenters. The van der Waals surface area contributed by atoms with E-state index < -0.39 is 5.97 Å². The highest BCUT2D eigenvalue weighted by atomic mass is 35.5. The van der Waals surface area contributed by atoms with Crippen LogP contribution in [0.15, 0.2) is 55.4 Å². The van der Waals surface area contributed by atoms with Gasteiger partial charge in [-0.25, -0.2) is 24.7 Å². The predicted molar refractivity (Wildman–Crippen MR) is 143 cm³/mol. The smallest absolute Gasteiger partial charge is 0.338 e. The van der Waals surface area contributed by atoms with E-state index >= 15 is 0 Å². The molecule has 2 N–H and O–H groups in total. The highest BCUT2D eigenvalue weighted by Crippen LogP contribution is 2.35. The van der Waals surface area contributed by atoms with Crippen LogP contribution in [0.25, 0.3) is 22.5 Å². The van der Waals surface area contributed by atoms with Crippen LogP contribution < -0.4 is 10.6 Å². The molecule has 38 heavy (non-hydrogen) atoms. The molecule has 0 amide bonds. The van der Waals surface area contributed by atoms with E-state index in [0.717, 1.165) is 0 Å². The Morgan fingerprint density at radius 2 is 1.39 bits per heavy atom. The number of rotatable bonds is 7. The highest BCUT2D eigenvalue weighted by Gasteiger charge is 2.20. The molecule has 0 spiro atoms. The van der Waals surface area contributed by atoms with Crippen molar-refractivity contribution < 1.29 is 9.53 Å². The van der Waals surface area contributed by atoms with E-state index in [1.54, 1.807) is 66.4 Å². The SMILES string of the molecule is COC(=O)c1ccc(-c2nc(Nc3cnn(C)c3)ncc2Cl)cc1-c1nc(Nc2cnn(C)c2)ncc1Cl. The number of carbonyl (C=O) groups is 1. The average Bonchev–Trinajstić information content (AvgIpc) is 3.52. The summed E-state index contributed by atoms with van der Waals surface area (Å²) in [7, 11) is 4.90. The Labute approximate surface area is 226 Å². The molecule has 0 bridgehead atoms. The van der Waals surface area contributed by atoms with Gasteiger partial charge in [-0.3, -0.25) is 9.36 Å². The van der Waals surface area contributed by atoms with Crippen LogP contribution in [0.3, 0.4) is 0 Å². The third-order valence-corrected chi connectivity index (χ3v) is 5.92. The lowest BCUT2D eigenvalue weighted by molar-refractivity contribution is 0.0601. The van der Waals surface area contributed by atoms with Crippen molar-refractivity contribution >= 4 is 52.4 Å². The summed E-state index contributed by atoms with van der Waals surface area (Å²) in [6.45, 7) is 0. The van der Waals surface area contributed by atoms with E-state index in [0.29, 0.717) is 44.9 Å². The normalized spacial score (nSPS) is 10.9. The number of nitrogens with one attached hydrogen (secondary N) is 2. The molecule has 0 radical (unpaired) electrons. The number of halogens is 2. The molecule has 0 aliphatic rings. The average molecular weight is 551 g/mol. The van der Waals surface area contributed by atoms with Gasteiger partial charge < -0.3 is 15.4 Å². The summed E-state index contributed by atoms with van der Waals surface area (Å²) in [5, 5.41) is 15.0. The Hall–Kier alpha value is -4.55. The van der Waals surface area contributed by atoms with Gasteiger partial charge in [0, 0.05) is 37.6 Å². The number of carbonyl (C=O) groups excluding carboxylic acids is 1. The molecular weight excluding hydrogens is 531 g/mol. The molecule has 4 heterocycles. The van der Waals surface area contributed by atoms with Gasteiger partial charge in [-0.1, -0.05) is 29.3 Å². The molecule has 192 valence electrons. The number of nitrogens with zero attached hydrogens (tertiary/aromatic N) is 8. The van der Waals surface area contributed by atoms with Gasteiger partial charge in [-0.2, -0.15) is 10.2 Å². The zero-order valence-corrected chi connectivity index (χ0v) is 21.9. The number of hydrogen-bond acceptors (Lipinski definition) is 10. The number of methoxy groups -OCH3 is 1. The van der Waals surface area contributed by atoms with Crippen LogP contribution in [0.1, 0.15) is 10.4 Å². The first kappa shape index (κ1) is 25.1. The maximum absolute atomic E-state index is 12.7. The van der Waals surface area contributed by atoms with Gasteiger partial charge in [-0.05, 0) is 12.1 Å². The van der Waals surface area contributed by atoms with E-state index in [9.17, 15) is 4.79 Å². The number of benzene rings is 1. The van der Waals surface area contributed by atoms with Crippen LogP contribution in [-0.4, -0.2) is 52.6 Å². The number of esters is 1. The minimum absolute atomic E-state index is 0.233. The molecule has 0 saturated heterocycles.